The van der Waals surface area contributed by atoms with Gasteiger partial charge in [-0.05, 0) is 40.0 Å². The number of carboxylic acid groups (broad SMARTS) is 1. The van der Waals surface area contributed by atoms with Gasteiger partial charge in [-0.3, -0.25) is 0 Å². The van der Waals surface area contributed by atoms with Gasteiger partial charge < -0.3 is 9.84 Å². The summed E-state index contributed by atoms with van der Waals surface area (Å²) in [5, 5.41) is 8.83. The van der Waals surface area contributed by atoms with Gasteiger partial charge in [0.2, 0.25) is 0 Å². The molecule has 1 aromatic rings. The van der Waals surface area contributed by atoms with Crippen LogP contribution >= 0.6 is 15.9 Å². The lowest BCUT2D eigenvalue weighted by molar-refractivity contribution is 0.0696. The average molecular weight is 259 g/mol. The standard InChI is InChI=1S/C10H11BrO3/c1-3-6-4-7(10(12)13)5-8(11)9(6)14-2/h4-5H,3H2,1-2H3,(H,12,13). The lowest BCUT2D eigenvalue weighted by atomic mass is 10.1. The summed E-state index contributed by atoms with van der Waals surface area (Å²) >= 11 is 3.28. The maximum Gasteiger partial charge on any atom is 0.335 e. The van der Waals surface area contributed by atoms with Crippen molar-refractivity contribution in [2.45, 2.75) is 13.3 Å². The van der Waals surface area contributed by atoms with Crippen LogP contribution in [0.4, 0.5) is 0 Å². The van der Waals surface area contributed by atoms with E-state index in [2.05, 4.69) is 15.9 Å². The van der Waals surface area contributed by atoms with Crippen LogP contribution < -0.4 is 4.74 Å². The number of methoxy groups -OCH3 is 1. The maximum atomic E-state index is 10.8. The molecule has 0 bridgehead atoms. The number of ether oxygens (including phenoxy) is 1. The quantitative estimate of drug-likeness (QED) is 0.907. The van der Waals surface area contributed by atoms with Crippen molar-refractivity contribution < 1.29 is 14.6 Å². The van der Waals surface area contributed by atoms with Gasteiger partial charge in [0.25, 0.3) is 0 Å². The zero-order valence-corrected chi connectivity index (χ0v) is 9.59. The molecule has 0 atom stereocenters. The highest BCUT2D eigenvalue weighted by Crippen LogP contribution is 2.30. The van der Waals surface area contributed by atoms with E-state index in [9.17, 15) is 4.79 Å². The van der Waals surface area contributed by atoms with Crippen LogP contribution in [0.2, 0.25) is 0 Å². The third-order valence-corrected chi connectivity index (χ3v) is 2.54. The lowest BCUT2D eigenvalue weighted by Gasteiger charge is -2.09. The van der Waals surface area contributed by atoms with E-state index >= 15 is 0 Å². The Bertz CT molecular complexity index is 361. The second-order valence-corrected chi connectivity index (χ2v) is 3.66. The molecule has 1 N–H and O–H groups in total. The molecule has 0 aliphatic rings. The molecular formula is C10H11BrO3. The van der Waals surface area contributed by atoms with E-state index in [1.165, 1.54) is 0 Å². The molecule has 0 heterocycles. The largest absolute Gasteiger partial charge is 0.495 e. The number of carbonyl (C=O) groups is 1. The van der Waals surface area contributed by atoms with Crippen LogP contribution in [0.1, 0.15) is 22.8 Å². The van der Waals surface area contributed by atoms with Crippen molar-refractivity contribution in [2.75, 3.05) is 7.11 Å². The van der Waals surface area contributed by atoms with Crippen LogP contribution in [0.15, 0.2) is 16.6 Å². The molecule has 0 radical (unpaired) electrons. The summed E-state index contributed by atoms with van der Waals surface area (Å²) in [6.45, 7) is 1.95. The van der Waals surface area contributed by atoms with Gasteiger partial charge in [-0.25, -0.2) is 4.79 Å². The van der Waals surface area contributed by atoms with E-state index in [1.807, 2.05) is 6.92 Å². The SMILES string of the molecule is CCc1cc(C(=O)O)cc(Br)c1OC. The van der Waals surface area contributed by atoms with Gasteiger partial charge >= 0.3 is 5.97 Å². The number of hydrogen-bond acceptors (Lipinski definition) is 2. The number of halogens is 1. The van der Waals surface area contributed by atoms with Crippen molar-refractivity contribution in [2.24, 2.45) is 0 Å². The Balaban J connectivity index is 3.31. The summed E-state index contributed by atoms with van der Waals surface area (Å²) < 4.78 is 5.84. The number of hydrogen-bond donors (Lipinski definition) is 1. The second-order valence-electron chi connectivity index (χ2n) is 2.81. The fourth-order valence-electron chi connectivity index (χ4n) is 1.27. The van der Waals surface area contributed by atoms with Crippen LogP contribution in [-0.4, -0.2) is 18.2 Å². The zero-order chi connectivity index (χ0) is 10.7. The van der Waals surface area contributed by atoms with Crippen molar-refractivity contribution in [3.8, 4) is 5.75 Å². The molecule has 0 aliphatic heterocycles. The first-order valence-electron chi connectivity index (χ1n) is 4.19. The molecule has 0 aliphatic carbocycles. The first kappa shape index (κ1) is 11.0. The highest BCUT2D eigenvalue weighted by atomic mass is 79.9. The van der Waals surface area contributed by atoms with E-state index in [0.717, 1.165) is 12.0 Å². The molecule has 0 amide bonds. The summed E-state index contributed by atoms with van der Waals surface area (Å²) in [4.78, 5) is 10.8. The van der Waals surface area contributed by atoms with Crippen molar-refractivity contribution in [1.29, 1.82) is 0 Å². The molecule has 3 nitrogen and oxygen atoms in total. The summed E-state index contributed by atoms with van der Waals surface area (Å²) in [6, 6.07) is 3.17. The fraction of sp³-hybridized carbons (Fsp3) is 0.300. The molecule has 0 unspecified atom stereocenters. The van der Waals surface area contributed by atoms with Crippen LogP contribution in [0.3, 0.4) is 0 Å². The topological polar surface area (TPSA) is 46.5 Å². The Hall–Kier alpha value is -1.03. The van der Waals surface area contributed by atoms with E-state index < -0.39 is 5.97 Å². The van der Waals surface area contributed by atoms with Crippen molar-refractivity contribution in [1.82, 2.24) is 0 Å². The van der Waals surface area contributed by atoms with E-state index in [0.29, 0.717) is 10.2 Å². The Morgan fingerprint density at radius 3 is 2.64 bits per heavy atom. The van der Waals surface area contributed by atoms with Crippen molar-refractivity contribution in [3.05, 3.63) is 27.7 Å². The van der Waals surface area contributed by atoms with Gasteiger partial charge in [-0.2, -0.15) is 0 Å². The zero-order valence-electron chi connectivity index (χ0n) is 8.00. The minimum Gasteiger partial charge on any atom is -0.495 e. The Morgan fingerprint density at radius 1 is 1.57 bits per heavy atom. The minimum absolute atomic E-state index is 0.273. The van der Waals surface area contributed by atoms with Crippen molar-refractivity contribution >= 4 is 21.9 Å². The minimum atomic E-state index is -0.928. The molecule has 0 saturated heterocycles. The first-order chi connectivity index (χ1) is 6.60. The van der Waals surface area contributed by atoms with Gasteiger partial charge in [-0.15, -0.1) is 0 Å². The predicted octanol–water partition coefficient (Wildman–Crippen LogP) is 2.72. The van der Waals surface area contributed by atoms with E-state index in [-0.39, 0.29) is 5.56 Å². The number of rotatable bonds is 3. The molecule has 0 aromatic heterocycles. The molecule has 4 heteroatoms. The smallest absolute Gasteiger partial charge is 0.335 e. The highest BCUT2D eigenvalue weighted by molar-refractivity contribution is 9.10. The summed E-state index contributed by atoms with van der Waals surface area (Å²) in [5.74, 6) is -0.222. The summed E-state index contributed by atoms with van der Waals surface area (Å²) in [5.41, 5.74) is 1.16. The normalized spacial score (nSPS) is 9.93. The number of benzene rings is 1. The van der Waals surface area contributed by atoms with E-state index in [1.54, 1.807) is 19.2 Å². The Kier molecular flexibility index (Phi) is 3.52. The predicted molar refractivity (Wildman–Crippen MR) is 57.0 cm³/mol. The number of carboxylic acids is 1. The number of aromatic carboxylic acids is 1. The average Bonchev–Trinajstić information content (AvgIpc) is 2.16. The highest BCUT2D eigenvalue weighted by Gasteiger charge is 2.11. The summed E-state index contributed by atoms with van der Waals surface area (Å²) in [7, 11) is 1.57. The number of aryl methyl sites for hydroxylation is 1. The molecule has 0 fully saturated rings. The Morgan fingerprint density at radius 2 is 2.21 bits per heavy atom. The molecule has 0 spiro atoms. The van der Waals surface area contributed by atoms with Crippen molar-refractivity contribution in [3.63, 3.8) is 0 Å². The van der Waals surface area contributed by atoms with Crippen LogP contribution in [-0.2, 0) is 6.42 Å². The molecule has 1 rings (SSSR count). The van der Waals surface area contributed by atoms with Crippen LogP contribution in [0.25, 0.3) is 0 Å². The molecule has 76 valence electrons. The van der Waals surface area contributed by atoms with Gasteiger partial charge in [0.15, 0.2) is 0 Å². The fourth-order valence-corrected chi connectivity index (χ4v) is 1.93. The summed E-state index contributed by atoms with van der Waals surface area (Å²) in [6.07, 6.45) is 0.739. The molecule has 14 heavy (non-hydrogen) atoms. The molecule has 0 saturated carbocycles. The molecular weight excluding hydrogens is 248 g/mol. The molecule has 1 aromatic carbocycles. The second kappa shape index (κ2) is 4.46. The van der Waals surface area contributed by atoms with E-state index in [4.69, 9.17) is 9.84 Å². The van der Waals surface area contributed by atoms with Gasteiger partial charge in [0, 0.05) is 0 Å². The third-order valence-electron chi connectivity index (χ3n) is 1.95. The Labute approximate surface area is 90.8 Å². The first-order valence-corrected chi connectivity index (χ1v) is 4.99. The third kappa shape index (κ3) is 2.07. The van der Waals surface area contributed by atoms with Gasteiger partial charge in [0.1, 0.15) is 5.75 Å². The maximum absolute atomic E-state index is 10.8. The van der Waals surface area contributed by atoms with Crippen LogP contribution in [0, 0.1) is 0 Å². The lowest BCUT2D eigenvalue weighted by Crippen LogP contribution is -2.00. The van der Waals surface area contributed by atoms with Gasteiger partial charge in [-0.1, -0.05) is 6.92 Å². The van der Waals surface area contributed by atoms with Gasteiger partial charge in [0.05, 0.1) is 17.1 Å². The van der Waals surface area contributed by atoms with Crippen LogP contribution in [0.5, 0.6) is 5.75 Å². The monoisotopic (exact) mass is 258 g/mol.